The van der Waals surface area contributed by atoms with Crippen LogP contribution in [0.1, 0.15) is 53.7 Å². The van der Waals surface area contributed by atoms with Crippen LogP contribution < -0.4 is 4.90 Å². The van der Waals surface area contributed by atoms with E-state index in [0.717, 1.165) is 72.2 Å². The highest BCUT2D eigenvalue weighted by atomic mass is 16.1. The van der Waals surface area contributed by atoms with E-state index in [-0.39, 0.29) is 18.2 Å². The number of ketones is 1. The lowest BCUT2D eigenvalue weighted by Crippen LogP contribution is -2.28. The number of likely N-dealkylation sites (N-methyl/N-ethyl adjacent to an activating group) is 1. The number of carbonyl (C=O) groups is 1. The van der Waals surface area contributed by atoms with E-state index in [1.807, 2.05) is 49.3 Å². The summed E-state index contributed by atoms with van der Waals surface area (Å²) in [6.45, 7) is 12.1. The number of carbonyl (C=O) groups excluding carboxylic acids is 1. The maximum absolute atomic E-state index is 13.0. The number of hydrogen-bond acceptors (Lipinski definition) is 8. The molecule has 0 saturated carbocycles. The largest absolute Gasteiger partial charge is 0.369 e. The van der Waals surface area contributed by atoms with Crippen molar-refractivity contribution >= 4 is 11.5 Å². The lowest BCUT2D eigenvalue weighted by molar-refractivity contribution is 0.0987. The van der Waals surface area contributed by atoms with E-state index in [1.165, 1.54) is 0 Å². The van der Waals surface area contributed by atoms with Crippen molar-refractivity contribution in [1.29, 1.82) is 0 Å². The summed E-state index contributed by atoms with van der Waals surface area (Å²) in [5.74, 6) is -0.0361. The fraction of sp³-hybridized carbons (Fsp3) is 0.429. The van der Waals surface area contributed by atoms with Crippen LogP contribution in [0.4, 0.5) is 5.69 Å². The molecule has 38 heavy (non-hydrogen) atoms. The van der Waals surface area contributed by atoms with E-state index >= 15 is 0 Å². The molecule has 5 rings (SSSR count). The van der Waals surface area contributed by atoms with Gasteiger partial charge in [-0.15, -0.1) is 5.10 Å². The van der Waals surface area contributed by atoms with Crippen LogP contribution in [0.15, 0.2) is 43.0 Å². The molecule has 10 nitrogen and oxygen atoms in total. The highest BCUT2D eigenvalue weighted by Crippen LogP contribution is 2.24. The maximum atomic E-state index is 13.0. The van der Waals surface area contributed by atoms with Crippen molar-refractivity contribution in [3.8, 4) is 16.9 Å². The number of aryl methyl sites for hydroxylation is 2. The first-order chi connectivity index (χ1) is 18.3. The molecular weight excluding hydrogens is 478 g/mol. The van der Waals surface area contributed by atoms with Crippen LogP contribution in [0.2, 0.25) is 0 Å². The second kappa shape index (κ2) is 10.8. The zero-order chi connectivity index (χ0) is 26.8. The molecule has 4 aromatic rings. The average Bonchev–Trinajstić information content (AvgIpc) is 3.48. The first kappa shape index (κ1) is 25.7. The predicted octanol–water partition coefficient (Wildman–Crippen LogP) is 3.69. The molecule has 0 amide bonds. The standard InChI is InChI=1S/C28H35N9O/c1-19(2)37-20(3)11-25(32-37)28(38)13-22-12-27(21(4)30-15-22)36-18-26(31-33-36)23-14-24(17-29-16-23)35-8-6-7-34(5)9-10-35/h11-12,14-19H,6-10,13H2,1-5H3. The topological polar surface area (TPSA) is 97.9 Å². The van der Waals surface area contributed by atoms with Gasteiger partial charge in [-0.3, -0.25) is 19.4 Å². The summed E-state index contributed by atoms with van der Waals surface area (Å²) in [6.07, 6.45) is 8.71. The van der Waals surface area contributed by atoms with Gasteiger partial charge in [0.15, 0.2) is 5.78 Å². The van der Waals surface area contributed by atoms with Crippen LogP contribution in [0, 0.1) is 13.8 Å². The Hall–Kier alpha value is -3.92. The molecule has 5 heterocycles. The quantitative estimate of drug-likeness (QED) is 0.345. The van der Waals surface area contributed by atoms with Gasteiger partial charge in [0.05, 0.1) is 29.5 Å². The summed E-state index contributed by atoms with van der Waals surface area (Å²) in [5, 5.41) is 13.3. The number of nitrogens with zero attached hydrogens (tertiary/aromatic N) is 9. The lowest BCUT2D eigenvalue weighted by atomic mass is 10.1. The number of rotatable bonds is 7. The number of anilines is 1. The minimum absolute atomic E-state index is 0.0361. The second-order valence-corrected chi connectivity index (χ2v) is 10.4. The number of pyridine rings is 2. The third kappa shape index (κ3) is 5.50. The van der Waals surface area contributed by atoms with Gasteiger partial charge in [0.25, 0.3) is 0 Å². The van der Waals surface area contributed by atoms with Crippen molar-refractivity contribution in [2.45, 2.75) is 46.6 Å². The normalized spacial score (nSPS) is 14.7. The fourth-order valence-corrected chi connectivity index (χ4v) is 4.87. The minimum Gasteiger partial charge on any atom is -0.369 e. The SMILES string of the molecule is Cc1ncc(CC(=O)c2cc(C)n(C(C)C)n2)cc1-n1cc(-c2cncc(N3CCCN(C)CC3)c2)nn1. The maximum Gasteiger partial charge on any atom is 0.187 e. The number of hydrogen-bond donors (Lipinski definition) is 0. The van der Waals surface area contributed by atoms with Crippen LogP contribution in [0.5, 0.6) is 0 Å². The molecule has 198 valence electrons. The molecule has 0 radical (unpaired) electrons. The molecule has 0 N–H and O–H groups in total. The summed E-state index contributed by atoms with van der Waals surface area (Å²) >= 11 is 0. The first-order valence-electron chi connectivity index (χ1n) is 13.1. The number of aromatic nitrogens is 7. The van der Waals surface area contributed by atoms with Crippen LogP contribution >= 0.6 is 0 Å². The van der Waals surface area contributed by atoms with Gasteiger partial charge >= 0.3 is 0 Å². The van der Waals surface area contributed by atoms with Crippen molar-refractivity contribution in [2.24, 2.45) is 0 Å². The van der Waals surface area contributed by atoms with Crippen LogP contribution in [0.3, 0.4) is 0 Å². The molecule has 0 aromatic carbocycles. The van der Waals surface area contributed by atoms with Crippen LogP contribution in [0.25, 0.3) is 16.9 Å². The van der Waals surface area contributed by atoms with Gasteiger partial charge < -0.3 is 9.80 Å². The van der Waals surface area contributed by atoms with E-state index in [0.29, 0.717) is 5.69 Å². The van der Waals surface area contributed by atoms with Crippen LogP contribution in [-0.2, 0) is 6.42 Å². The minimum atomic E-state index is -0.0361. The molecule has 0 spiro atoms. The highest BCUT2D eigenvalue weighted by molar-refractivity contribution is 5.95. The number of Topliss-reactive ketones (excluding diaryl/α,β-unsaturated/α-hetero) is 1. The van der Waals surface area contributed by atoms with Gasteiger partial charge in [-0.2, -0.15) is 5.10 Å². The first-order valence-corrected chi connectivity index (χ1v) is 13.1. The van der Waals surface area contributed by atoms with E-state index < -0.39 is 0 Å². The molecule has 0 atom stereocenters. The van der Waals surface area contributed by atoms with E-state index in [2.05, 4.69) is 62.1 Å². The average molecular weight is 514 g/mol. The molecule has 10 heteroatoms. The van der Waals surface area contributed by atoms with Crippen molar-refractivity contribution in [2.75, 3.05) is 38.1 Å². The molecule has 1 aliphatic heterocycles. The Morgan fingerprint density at radius 1 is 1.03 bits per heavy atom. The lowest BCUT2D eigenvalue weighted by Gasteiger charge is -2.22. The zero-order valence-electron chi connectivity index (χ0n) is 22.8. The van der Waals surface area contributed by atoms with Gasteiger partial charge in [0.2, 0.25) is 0 Å². The van der Waals surface area contributed by atoms with Crippen molar-refractivity contribution in [3.05, 3.63) is 65.6 Å². The zero-order valence-corrected chi connectivity index (χ0v) is 22.8. The van der Waals surface area contributed by atoms with Crippen molar-refractivity contribution < 1.29 is 4.79 Å². The van der Waals surface area contributed by atoms with Crippen molar-refractivity contribution in [1.82, 2.24) is 39.6 Å². The van der Waals surface area contributed by atoms with Crippen molar-refractivity contribution in [3.63, 3.8) is 0 Å². The molecule has 0 unspecified atom stereocenters. The Morgan fingerprint density at radius 3 is 2.66 bits per heavy atom. The Morgan fingerprint density at radius 2 is 1.87 bits per heavy atom. The Kier molecular flexibility index (Phi) is 7.33. The summed E-state index contributed by atoms with van der Waals surface area (Å²) < 4.78 is 3.59. The van der Waals surface area contributed by atoms with Gasteiger partial charge in [-0.25, -0.2) is 4.68 Å². The molecule has 0 aliphatic carbocycles. The Labute approximate surface area is 223 Å². The van der Waals surface area contributed by atoms with E-state index in [4.69, 9.17) is 0 Å². The van der Waals surface area contributed by atoms with E-state index in [9.17, 15) is 4.79 Å². The molecule has 4 aromatic heterocycles. The van der Waals surface area contributed by atoms with Gasteiger partial charge in [-0.1, -0.05) is 5.21 Å². The van der Waals surface area contributed by atoms with Crippen LogP contribution in [-0.4, -0.2) is 78.7 Å². The molecule has 0 bridgehead atoms. The van der Waals surface area contributed by atoms with Gasteiger partial charge in [0, 0.05) is 55.7 Å². The third-order valence-electron chi connectivity index (χ3n) is 7.02. The summed E-state index contributed by atoms with van der Waals surface area (Å²) in [5.41, 5.74) is 6.60. The van der Waals surface area contributed by atoms with Gasteiger partial charge in [-0.05, 0) is 71.5 Å². The predicted molar refractivity (Wildman–Crippen MR) is 147 cm³/mol. The monoisotopic (exact) mass is 513 g/mol. The highest BCUT2D eigenvalue weighted by Gasteiger charge is 2.17. The second-order valence-electron chi connectivity index (χ2n) is 10.4. The Balaban J connectivity index is 1.35. The molecule has 1 saturated heterocycles. The van der Waals surface area contributed by atoms with E-state index in [1.54, 1.807) is 10.9 Å². The molecular formula is C28H35N9O. The smallest absolute Gasteiger partial charge is 0.187 e. The molecule has 1 fully saturated rings. The fourth-order valence-electron chi connectivity index (χ4n) is 4.87. The third-order valence-corrected chi connectivity index (χ3v) is 7.02. The summed E-state index contributed by atoms with van der Waals surface area (Å²) in [4.78, 5) is 26.7. The summed E-state index contributed by atoms with van der Waals surface area (Å²) in [6, 6.07) is 6.13. The summed E-state index contributed by atoms with van der Waals surface area (Å²) in [7, 11) is 2.17. The Bertz CT molecular complexity index is 1440. The van der Waals surface area contributed by atoms with Gasteiger partial charge in [0.1, 0.15) is 11.4 Å². The molecule has 1 aliphatic rings.